The molecule has 1 aromatic heterocycles. The summed E-state index contributed by atoms with van der Waals surface area (Å²) in [5.74, 6) is 0. The van der Waals surface area contributed by atoms with E-state index in [9.17, 15) is 4.79 Å². The zero-order valence-corrected chi connectivity index (χ0v) is 18.9. The van der Waals surface area contributed by atoms with Crippen LogP contribution in [0.2, 0.25) is 0 Å². The second-order valence-corrected chi connectivity index (χ2v) is 8.16. The largest absolute Gasteiger partial charge is 0.449 e. The molecule has 0 bridgehead atoms. The molecule has 0 atom stereocenters. The molecule has 4 heteroatoms. The molecule has 0 fully saturated rings. The van der Waals surface area contributed by atoms with Crippen molar-refractivity contribution >= 4 is 6.09 Å². The highest BCUT2D eigenvalue weighted by atomic mass is 16.5. The van der Waals surface area contributed by atoms with Crippen molar-refractivity contribution in [1.82, 2.24) is 5.32 Å². The number of amides is 1. The summed E-state index contributed by atoms with van der Waals surface area (Å²) in [4.78, 5) is 11.6. The van der Waals surface area contributed by atoms with Crippen molar-refractivity contribution in [3.63, 3.8) is 0 Å². The van der Waals surface area contributed by atoms with Gasteiger partial charge in [-0.1, -0.05) is 109 Å². The van der Waals surface area contributed by atoms with Gasteiger partial charge in [-0.15, -0.1) is 0 Å². The molecule has 4 nitrogen and oxygen atoms in total. The fourth-order valence-corrected chi connectivity index (χ4v) is 3.56. The zero-order chi connectivity index (χ0) is 20.8. The van der Waals surface area contributed by atoms with Gasteiger partial charge in [0, 0.05) is 12.1 Å². The van der Waals surface area contributed by atoms with Crippen molar-refractivity contribution in [2.24, 2.45) is 0 Å². The molecule has 0 aromatic carbocycles. The van der Waals surface area contributed by atoms with E-state index < -0.39 is 0 Å². The second kappa shape index (κ2) is 19.7. The summed E-state index contributed by atoms with van der Waals surface area (Å²) in [5, 5.41) is 2.76. The fraction of sp³-hybridized carbons (Fsp3) is 0.760. The highest BCUT2D eigenvalue weighted by molar-refractivity contribution is 5.66. The molecule has 0 aliphatic heterocycles. The Morgan fingerprint density at radius 2 is 1.14 bits per heavy atom. The van der Waals surface area contributed by atoms with Crippen LogP contribution in [-0.4, -0.2) is 12.7 Å². The van der Waals surface area contributed by atoms with E-state index in [1.165, 1.54) is 89.9 Å². The number of hydrogen-bond donors (Lipinski definition) is 1. The van der Waals surface area contributed by atoms with Crippen LogP contribution >= 0.6 is 0 Å². The minimum Gasteiger partial charge on any atom is -0.449 e. The summed E-state index contributed by atoms with van der Waals surface area (Å²) in [6, 6.07) is 5.82. The monoisotopic (exact) mass is 405 g/mol. The Bertz CT molecular complexity index is 479. The number of pyridine rings is 1. The summed E-state index contributed by atoms with van der Waals surface area (Å²) in [5.41, 5.74) is 0. The first-order chi connectivity index (χ1) is 14.3. The zero-order valence-electron chi connectivity index (χ0n) is 18.9. The lowest BCUT2D eigenvalue weighted by Crippen LogP contribution is -2.43. The van der Waals surface area contributed by atoms with Crippen LogP contribution in [0.1, 0.15) is 110 Å². The summed E-state index contributed by atoms with van der Waals surface area (Å²) in [6.45, 7) is 3.24. The maximum atomic E-state index is 11.6. The molecule has 0 radical (unpaired) electrons. The average molecular weight is 406 g/mol. The third-order valence-corrected chi connectivity index (χ3v) is 5.41. The van der Waals surface area contributed by atoms with Gasteiger partial charge < -0.3 is 4.74 Å². The van der Waals surface area contributed by atoms with Gasteiger partial charge in [0.2, 0.25) is 6.67 Å². The number of carbonyl (C=O) groups excluding carboxylic acids is 1. The molecule has 1 N–H and O–H groups in total. The topological polar surface area (TPSA) is 42.2 Å². The van der Waals surface area contributed by atoms with Gasteiger partial charge in [-0.3, -0.25) is 5.32 Å². The van der Waals surface area contributed by atoms with Crippen LogP contribution in [0.3, 0.4) is 0 Å². The predicted octanol–water partition coefficient (Wildman–Crippen LogP) is 6.92. The Morgan fingerprint density at radius 3 is 1.62 bits per heavy atom. The first-order valence-corrected chi connectivity index (χ1v) is 12.2. The Labute approximate surface area is 179 Å². The van der Waals surface area contributed by atoms with E-state index >= 15 is 0 Å². The Hall–Kier alpha value is -1.58. The van der Waals surface area contributed by atoms with Gasteiger partial charge in [-0.05, 0) is 6.42 Å². The Morgan fingerprint density at radius 1 is 0.690 bits per heavy atom. The van der Waals surface area contributed by atoms with Crippen LogP contribution in [0.25, 0.3) is 0 Å². The van der Waals surface area contributed by atoms with Gasteiger partial charge in [-0.2, -0.15) is 4.57 Å². The van der Waals surface area contributed by atoms with Crippen molar-refractivity contribution < 1.29 is 14.1 Å². The van der Waals surface area contributed by atoms with E-state index in [1.807, 2.05) is 35.2 Å². The quantitative estimate of drug-likeness (QED) is 0.200. The molecule has 1 aromatic rings. The van der Waals surface area contributed by atoms with Crippen LogP contribution in [-0.2, 0) is 11.4 Å². The normalized spacial score (nSPS) is 10.8. The molecule has 1 amide bonds. The number of nitrogens with one attached hydrogen (secondary N) is 1. The Balaban J connectivity index is 1.74. The smallest absolute Gasteiger partial charge is 0.411 e. The number of carbonyl (C=O) groups is 1. The first-order valence-electron chi connectivity index (χ1n) is 12.2. The first kappa shape index (κ1) is 25.5. The number of nitrogens with zero attached hydrogens (tertiary/aromatic N) is 1. The van der Waals surface area contributed by atoms with Gasteiger partial charge in [0.25, 0.3) is 0 Å². The van der Waals surface area contributed by atoms with Crippen LogP contribution in [0.5, 0.6) is 0 Å². The van der Waals surface area contributed by atoms with Gasteiger partial charge in [0.15, 0.2) is 12.4 Å². The van der Waals surface area contributed by atoms with Crippen LogP contribution in [0.15, 0.2) is 30.6 Å². The highest BCUT2D eigenvalue weighted by Gasteiger charge is 2.04. The molecule has 1 rings (SSSR count). The SMILES string of the molecule is CCCCCCCCCCCCCCCCCCOC(=O)NC[n+]1ccccc1. The number of ether oxygens (including phenoxy) is 1. The lowest BCUT2D eigenvalue weighted by atomic mass is 10.0. The second-order valence-electron chi connectivity index (χ2n) is 8.16. The number of unbranched alkanes of at least 4 members (excludes halogenated alkanes) is 15. The fourth-order valence-electron chi connectivity index (χ4n) is 3.56. The minimum atomic E-state index is -0.331. The van der Waals surface area contributed by atoms with E-state index in [1.54, 1.807) is 0 Å². The van der Waals surface area contributed by atoms with Crippen molar-refractivity contribution in [3.05, 3.63) is 30.6 Å². The molecule has 0 saturated carbocycles. The molecule has 0 saturated heterocycles. The van der Waals surface area contributed by atoms with Crippen LogP contribution in [0.4, 0.5) is 4.79 Å². The molecule has 0 spiro atoms. The summed E-state index contributed by atoms with van der Waals surface area (Å²) in [7, 11) is 0. The van der Waals surface area contributed by atoms with E-state index in [0.717, 1.165) is 12.8 Å². The number of alkyl carbamates (subject to hydrolysis) is 1. The summed E-state index contributed by atoms with van der Waals surface area (Å²) < 4.78 is 7.12. The summed E-state index contributed by atoms with van der Waals surface area (Å²) >= 11 is 0. The lowest BCUT2D eigenvalue weighted by molar-refractivity contribution is -0.700. The van der Waals surface area contributed by atoms with Crippen molar-refractivity contribution in [2.45, 2.75) is 116 Å². The van der Waals surface area contributed by atoms with Crippen molar-refractivity contribution in [3.8, 4) is 0 Å². The molecule has 166 valence electrons. The molecule has 29 heavy (non-hydrogen) atoms. The third-order valence-electron chi connectivity index (χ3n) is 5.41. The number of rotatable bonds is 19. The van der Waals surface area contributed by atoms with Crippen LogP contribution in [0, 0.1) is 0 Å². The minimum absolute atomic E-state index is 0.331. The van der Waals surface area contributed by atoms with Gasteiger partial charge in [-0.25, -0.2) is 4.79 Å². The van der Waals surface area contributed by atoms with E-state index in [4.69, 9.17) is 4.74 Å². The number of hydrogen-bond acceptors (Lipinski definition) is 2. The molecular weight excluding hydrogens is 360 g/mol. The summed E-state index contributed by atoms with van der Waals surface area (Å²) in [6.07, 6.45) is 25.1. The highest BCUT2D eigenvalue weighted by Crippen LogP contribution is 2.13. The third kappa shape index (κ3) is 17.0. The molecule has 0 aliphatic carbocycles. The molecule has 0 unspecified atom stereocenters. The lowest BCUT2D eigenvalue weighted by Gasteiger charge is -2.05. The van der Waals surface area contributed by atoms with E-state index in [2.05, 4.69) is 12.2 Å². The van der Waals surface area contributed by atoms with Gasteiger partial charge in [0.05, 0.1) is 6.61 Å². The maximum Gasteiger partial charge on any atom is 0.411 e. The molecule has 1 heterocycles. The van der Waals surface area contributed by atoms with E-state index in [-0.39, 0.29) is 6.09 Å². The number of aromatic nitrogens is 1. The maximum absolute atomic E-state index is 11.6. The van der Waals surface area contributed by atoms with Crippen molar-refractivity contribution in [2.75, 3.05) is 6.61 Å². The predicted molar refractivity (Wildman–Crippen MR) is 121 cm³/mol. The van der Waals surface area contributed by atoms with Crippen LogP contribution < -0.4 is 9.88 Å². The van der Waals surface area contributed by atoms with Crippen molar-refractivity contribution in [1.29, 1.82) is 0 Å². The average Bonchev–Trinajstić information content (AvgIpc) is 2.75. The molecule has 0 aliphatic rings. The molecular formula is C25H45N2O2+. The Kier molecular flexibility index (Phi) is 17.3. The van der Waals surface area contributed by atoms with E-state index in [0.29, 0.717) is 13.3 Å². The standard InChI is InChI=1S/C25H44N2O2/c1-2-3-4-5-6-7-8-9-10-11-12-13-14-15-16-20-23-29-25(28)26-24-27-21-18-17-19-22-27/h17-19,21-22H,2-16,20,23-24H2,1H3/p+1. The van der Waals surface area contributed by atoms with Gasteiger partial charge >= 0.3 is 6.09 Å². The van der Waals surface area contributed by atoms with Gasteiger partial charge in [0.1, 0.15) is 0 Å².